The first-order valence-electron chi connectivity index (χ1n) is 5.75. The SMILES string of the molecule is COc1cccc2c1OCC(C(=O)NCCN)=C2. The topological polar surface area (TPSA) is 73.6 Å². The number of amides is 1. The Morgan fingerprint density at radius 1 is 1.56 bits per heavy atom. The van der Waals surface area contributed by atoms with Gasteiger partial charge in [-0.15, -0.1) is 0 Å². The van der Waals surface area contributed by atoms with Crippen molar-refractivity contribution in [3.63, 3.8) is 0 Å². The fourth-order valence-corrected chi connectivity index (χ4v) is 1.77. The van der Waals surface area contributed by atoms with Crippen molar-refractivity contribution in [1.29, 1.82) is 0 Å². The lowest BCUT2D eigenvalue weighted by Gasteiger charge is -2.19. The normalized spacial score (nSPS) is 13.1. The standard InChI is InChI=1S/C13H16N2O3/c1-17-11-4-2-3-9-7-10(8-18-12(9)11)13(16)15-6-5-14/h2-4,7H,5-6,8,14H2,1H3,(H,15,16). The third-order valence-electron chi connectivity index (χ3n) is 2.65. The number of nitrogens with two attached hydrogens (primary N) is 1. The number of methoxy groups -OCH3 is 1. The molecule has 0 saturated carbocycles. The Morgan fingerprint density at radius 2 is 2.39 bits per heavy atom. The van der Waals surface area contributed by atoms with Crippen LogP contribution in [0.15, 0.2) is 23.8 Å². The molecule has 18 heavy (non-hydrogen) atoms. The quantitative estimate of drug-likeness (QED) is 0.816. The van der Waals surface area contributed by atoms with Crippen LogP contribution in [0.4, 0.5) is 0 Å². The van der Waals surface area contributed by atoms with Crippen LogP contribution in [0.1, 0.15) is 5.56 Å². The summed E-state index contributed by atoms with van der Waals surface area (Å²) in [7, 11) is 1.59. The first-order chi connectivity index (χ1) is 8.76. The number of rotatable bonds is 4. The minimum atomic E-state index is -0.145. The van der Waals surface area contributed by atoms with Gasteiger partial charge >= 0.3 is 0 Å². The zero-order chi connectivity index (χ0) is 13.0. The van der Waals surface area contributed by atoms with E-state index < -0.39 is 0 Å². The molecule has 5 nitrogen and oxygen atoms in total. The molecule has 1 amide bonds. The molecular formula is C13H16N2O3. The second kappa shape index (κ2) is 5.55. The molecule has 0 aliphatic carbocycles. The number of fused-ring (bicyclic) bond motifs is 1. The number of benzene rings is 1. The summed E-state index contributed by atoms with van der Waals surface area (Å²) in [6.07, 6.45) is 1.81. The average Bonchev–Trinajstić information content (AvgIpc) is 2.43. The van der Waals surface area contributed by atoms with Crippen LogP contribution in [0.25, 0.3) is 6.08 Å². The largest absolute Gasteiger partial charge is 0.493 e. The number of carbonyl (C=O) groups excluding carboxylic acids is 1. The summed E-state index contributed by atoms with van der Waals surface area (Å²) in [6.45, 7) is 1.12. The van der Waals surface area contributed by atoms with E-state index in [0.717, 1.165) is 5.56 Å². The molecule has 0 spiro atoms. The van der Waals surface area contributed by atoms with Gasteiger partial charge in [0.1, 0.15) is 6.61 Å². The van der Waals surface area contributed by atoms with Crippen LogP contribution in [0.5, 0.6) is 11.5 Å². The maximum absolute atomic E-state index is 11.8. The van der Waals surface area contributed by atoms with Crippen LogP contribution in [0.3, 0.4) is 0 Å². The molecule has 96 valence electrons. The summed E-state index contributed by atoms with van der Waals surface area (Å²) < 4.78 is 10.8. The highest BCUT2D eigenvalue weighted by Crippen LogP contribution is 2.35. The van der Waals surface area contributed by atoms with Crippen LogP contribution >= 0.6 is 0 Å². The third kappa shape index (κ3) is 2.46. The van der Waals surface area contributed by atoms with Gasteiger partial charge in [0.25, 0.3) is 5.91 Å². The van der Waals surface area contributed by atoms with Crippen LogP contribution < -0.4 is 20.5 Å². The van der Waals surface area contributed by atoms with Crippen molar-refractivity contribution in [2.45, 2.75) is 0 Å². The van der Waals surface area contributed by atoms with Crippen LogP contribution in [-0.2, 0) is 4.79 Å². The van der Waals surface area contributed by atoms with Crippen molar-refractivity contribution < 1.29 is 14.3 Å². The van der Waals surface area contributed by atoms with Gasteiger partial charge in [-0.1, -0.05) is 12.1 Å². The Morgan fingerprint density at radius 3 is 3.11 bits per heavy atom. The lowest BCUT2D eigenvalue weighted by Crippen LogP contribution is -2.32. The van der Waals surface area contributed by atoms with Crippen molar-refractivity contribution in [2.24, 2.45) is 5.73 Å². The van der Waals surface area contributed by atoms with E-state index >= 15 is 0 Å². The van der Waals surface area contributed by atoms with E-state index in [0.29, 0.717) is 30.2 Å². The van der Waals surface area contributed by atoms with E-state index in [1.54, 1.807) is 7.11 Å². The molecule has 5 heteroatoms. The maximum Gasteiger partial charge on any atom is 0.250 e. The molecular weight excluding hydrogens is 232 g/mol. The average molecular weight is 248 g/mol. The summed E-state index contributed by atoms with van der Waals surface area (Å²) in [5.74, 6) is 1.20. The predicted molar refractivity (Wildman–Crippen MR) is 68.5 cm³/mol. The number of nitrogens with one attached hydrogen (secondary N) is 1. The lowest BCUT2D eigenvalue weighted by molar-refractivity contribution is -0.117. The van der Waals surface area contributed by atoms with E-state index in [9.17, 15) is 4.79 Å². The van der Waals surface area contributed by atoms with Crippen molar-refractivity contribution in [3.05, 3.63) is 29.3 Å². The van der Waals surface area contributed by atoms with Gasteiger partial charge in [0, 0.05) is 18.7 Å². The van der Waals surface area contributed by atoms with Gasteiger partial charge in [-0.05, 0) is 12.1 Å². The number of para-hydroxylation sites is 1. The Hall–Kier alpha value is -2.01. The number of ether oxygens (including phenoxy) is 2. The van der Waals surface area contributed by atoms with Gasteiger partial charge in [-0.2, -0.15) is 0 Å². The first kappa shape index (κ1) is 12.4. The zero-order valence-electron chi connectivity index (χ0n) is 10.2. The highest BCUT2D eigenvalue weighted by atomic mass is 16.5. The van der Waals surface area contributed by atoms with Crippen LogP contribution in [-0.4, -0.2) is 32.7 Å². The number of hydrogen-bond donors (Lipinski definition) is 2. The highest BCUT2D eigenvalue weighted by molar-refractivity contribution is 5.99. The zero-order valence-corrected chi connectivity index (χ0v) is 10.2. The van der Waals surface area contributed by atoms with Crippen LogP contribution in [0, 0.1) is 0 Å². The molecule has 1 aromatic carbocycles. The minimum absolute atomic E-state index is 0.145. The lowest BCUT2D eigenvalue weighted by atomic mass is 10.1. The van der Waals surface area contributed by atoms with Gasteiger partial charge in [-0.3, -0.25) is 4.79 Å². The Bertz CT molecular complexity index is 483. The molecule has 0 fully saturated rings. The van der Waals surface area contributed by atoms with Gasteiger partial charge in [0.15, 0.2) is 11.5 Å². The summed E-state index contributed by atoms with van der Waals surface area (Å²) in [4.78, 5) is 11.8. The molecule has 0 unspecified atom stereocenters. The molecule has 3 N–H and O–H groups in total. The predicted octanol–water partition coefficient (Wildman–Crippen LogP) is 0.546. The summed E-state index contributed by atoms with van der Waals surface area (Å²) in [5.41, 5.74) is 6.77. The Balaban J connectivity index is 2.22. The molecule has 0 saturated heterocycles. The first-order valence-corrected chi connectivity index (χ1v) is 5.75. The molecule has 1 aromatic rings. The highest BCUT2D eigenvalue weighted by Gasteiger charge is 2.19. The number of carbonyl (C=O) groups is 1. The second-order valence-corrected chi connectivity index (χ2v) is 3.88. The Kier molecular flexibility index (Phi) is 3.84. The van der Waals surface area contributed by atoms with E-state index in [-0.39, 0.29) is 12.5 Å². The van der Waals surface area contributed by atoms with E-state index in [2.05, 4.69) is 5.32 Å². The number of hydrogen-bond acceptors (Lipinski definition) is 4. The van der Waals surface area contributed by atoms with Crippen molar-refractivity contribution in [1.82, 2.24) is 5.32 Å². The fraction of sp³-hybridized carbons (Fsp3) is 0.308. The van der Waals surface area contributed by atoms with Crippen molar-refractivity contribution in [3.8, 4) is 11.5 Å². The minimum Gasteiger partial charge on any atom is -0.493 e. The van der Waals surface area contributed by atoms with E-state index in [4.69, 9.17) is 15.2 Å². The smallest absolute Gasteiger partial charge is 0.250 e. The summed E-state index contributed by atoms with van der Waals surface area (Å²) >= 11 is 0. The molecule has 0 radical (unpaired) electrons. The molecule has 1 aliphatic rings. The van der Waals surface area contributed by atoms with Crippen LogP contribution in [0.2, 0.25) is 0 Å². The van der Waals surface area contributed by atoms with Gasteiger partial charge in [0.2, 0.25) is 0 Å². The van der Waals surface area contributed by atoms with Gasteiger partial charge in [-0.25, -0.2) is 0 Å². The van der Waals surface area contributed by atoms with E-state index in [1.165, 1.54) is 0 Å². The summed E-state index contributed by atoms with van der Waals surface area (Å²) in [5, 5.41) is 2.72. The van der Waals surface area contributed by atoms with E-state index in [1.807, 2.05) is 24.3 Å². The molecule has 2 rings (SSSR count). The molecule has 0 bridgehead atoms. The molecule has 0 aromatic heterocycles. The van der Waals surface area contributed by atoms with Gasteiger partial charge in [0.05, 0.1) is 12.7 Å². The second-order valence-electron chi connectivity index (χ2n) is 3.88. The molecule has 1 aliphatic heterocycles. The molecule has 0 atom stereocenters. The third-order valence-corrected chi connectivity index (χ3v) is 2.65. The monoisotopic (exact) mass is 248 g/mol. The van der Waals surface area contributed by atoms with Gasteiger partial charge < -0.3 is 20.5 Å². The molecule has 1 heterocycles. The van der Waals surface area contributed by atoms with Crippen molar-refractivity contribution in [2.75, 3.05) is 26.8 Å². The maximum atomic E-state index is 11.8. The Labute approximate surface area is 106 Å². The van der Waals surface area contributed by atoms with Crippen molar-refractivity contribution >= 4 is 12.0 Å². The summed E-state index contributed by atoms with van der Waals surface area (Å²) in [6, 6.07) is 5.57. The fourth-order valence-electron chi connectivity index (χ4n) is 1.77.